The quantitative estimate of drug-likeness (QED) is 0.138. The first-order chi connectivity index (χ1) is 22.7. The van der Waals surface area contributed by atoms with Gasteiger partial charge in [0.2, 0.25) is 5.95 Å². The number of anilines is 5. The minimum absolute atomic E-state index is 0.0696. The van der Waals surface area contributed by atoms with Crippen molar-refractivity contribution in [2.75, 3.05) is 47.4 Å². The van der Waals surface area contributed by atoms with Crippen LogP contribution in [0.15, 0.2) is 88.3 Å². The number of nitrogens with zero attached hydrogens (tertiary/aromatic N) is 4. The van der Waals surface area contributed by atoms with E-state index in [9.17, 15) is 32.1 Å². The van der Waals surface area contributed by atoms with Gasteiger partial charge in [-0.2, -0.15) is 18.2 Å². The zero-order valence-corrected chi connectivity index (χ0v) is 27.2. The van der Waals surface area contributed by atoms with Crippen molar-refractivity contribution in [3.05, 3.63) is 84.6 Å². The third-order valence-electron chi connectivity index (χ3n) is 6.80. The third-order valence-corrected chi connectivity index (χ3v) is 8.43. The molecule has 4 N–H and O–H groups in total. The zero-order chi connectivity index (χ0) is 35.1. The minimum atomic E-state index is -4.54. The molecule has 0 saturated heterocycles. The van der Waals surface area contributed by atoms with Crippen LogP contribution in [-0.4, -0.2) is 64.0 Å². The molecule has 0 aliphatic heterocycles. The summed E-state index contributed by atoms with van der Waals surface area (Å²) < 4.78 is 61.0. The van der Waals surface area contributed by atoms with Crippen LogP contribution in [-0.2, 0) is 20.6 Å². The molecule has 3 aromatic carbocycles. The van der Waals surface area contributed by atoms with Crippen LogP contribution in [0.1, 0.15) is 19.4 Å². The van der Waals surface area contributed by atoms with E-state index in [4.69, 9.17) is 4.74 Å². The summed E-state index contributed by atoms with van der Waals surface area (Å²) in [5.41, 5.74) is 1.30. The molecule has 254 valence electrons. The number of nitrogens with one attached hydrogen (secondary N) is 3. The minimum Gasteiger partial charge on any atom is -0.448 e. The second-order valence-electron chi connectivity index (χ2n) is 10.5. The molecule has 4 aromatic rings. The van der Waals surface area contributed by atoms with Gasteiger partial charge in [-0.3, -0.25) is 4.90 Å². The van der Waals surface area contributed by atoms with E-state index in [2.05, 4.69) is 30.3 Å². The maximum Gasteiger partial charge on any atom is 0.442 e. The molecule has 0 aliphatic carbocycles. The van der Waals surface area contributed by atoms with E-state index < -0.39 is 33.6 Å². The number of carbonyl (C=O) groups excluding carboxylic acids is 2. The lowest BCUT2D eigenvalue weighted by atomic mass is 10.1. The van der Waals surface area contributed by atoms with Gasteiger partial charge in [-0.05, 0) is 67.9 Å². The zero-order valence-electron chi connectivity index (χ0n) is 26.4. The fourth-order valence-corrected chi connectivity index (χ4v) is 5.39. The number of hydrogen-bond acceptors (Lipinski definition) is 9. The van der Waals surface area contributed by atoms with E-state index in [-0.39, 0.29) is 35.8 Å². The van der Waals surface area contributed by atoms with E-state index >= 15 is 0 Å². The first-order valence-electron chi connectivity index (χ1n) is 14.5. The summed E-state index contributed by atoms with van der Waals surface area (Å²) >= 11 is 0. The fraction of sp³-hybridized carbons (Fsp3) is 0.250. The molecule has 16 heteroatoms. The molecule has 12 nitrogen and oxygen atoms in total. The number of aliphatic hydroxyl groups is 1. The number of rotatable bonds is 10. The molecule has 1 aromatic heterocycles. The van der Waals surface area contributed by atoms with Gasteiger partial charge < -0.3 is 25.8 Å². The van der Waals surface area contributed by atoms with Gasteiger partial charge in [-0.1, -0.05) is 24.3 Å². The largest absolute Gasteiger partial charge is 0.448 e. The first kappa shape index (κ1) is 35.6. The van der Waals surface area contributed by atoms with Crippen LogP contribution >= 0.6 is 0 Å². The number of urea groups is 1. The molecule has 0 bridgehead atoms. The second kappa shape index (κ2) is 15.1. The summed E-state index contributed by atoms with van der Waals surface area (Å²) in [6.07, 6.45) is -2.58. The number of halogens is 3. The fourth-order valence-electron chi connectivity index (χ4n) is 4.27. The summed E-state index contributed by atoms with van der Waals surface area (Å²) in [6.45, 7) is 3.29. The predicted octanol–water partition coefficient (Wildman–Crippen LogP) is 6.98. The van der Waals surface area contributed by atoms with Crippen LogP contribution in [0, 0.1) is 0 Å². The van der Waals surface area contributed by atoms with Gasteiger partial charge in [-0.25, -0.2) is 18.8 Å². The van der Waals surface area contributed by atoms with Crippen molar-refractivity contribution in [3.8, 4) is 11.1 Å². The summed E-state index contributed by atoms with van der Waals surface area (Å²) in [4.78, 5) is 35.0. The van der Waals surface area contributed by atoms with Gasteiger partial charge >= 0.3 is 18.3 Å². The Morgan fingerprint density at radius 3 is 2.44 bits per heavy atom. The molecular weight excluding hydrogens is 651 g/mol. The molecule has 0 saturated carbocycles. The van der Waals surface area contributed by atoms with Crippen molar-refractivity contribution >= 4 is 50.7 Å². The van der Waals surface area contributed by atoms with Crippen molar-refractivity contribution in [1.82, 2.24) is 9.97 Å². The van der Waals surface area contributed by atoms with Crippen molar-refractivity contribution in [3.63, 3.8) is 0 Å². The van der Waals surface area contributed by atoms with Crippen LogP contribution in [0.25, 0.3) is 11.1 Å². The lowest BCUT2D eigenvalue weighted by molar-refractivity contribution is -0.137. The molecule has 48 heavy (non-hydrogen) atoms. The van der Waals surface area contributed by atoms with Crippen LogP contribution in [0.2, 0.25) is 0 Å². The van der Waals surface area contributed by atoms with Crippen molar-refractivity contribution in [2.45, 2.75) is 31.0 Å². The number of hydrogen-bond donors (Lipinski definition) is 4. The molecule has 0 spiro atoms. The van der Waals surface area contributed by atoms with Crippen molar-refractivity contribution < 1.29 is 36.8 Å². The lowest BCUT2D eigenvalue weighted by Gasteiger charge is -2.20. The van der Waals surface area contributed by atoms with Gasteiger partial charge in [0.15, 0.2) is 0 Å². The van der Waals surface area contributed by atoms with Gasteiger partial charge in [0.25, 0.3) is 0 Å². The summed E-state index contributed by atoms with van der Waals surface area (Å²) in [5, 5.41) is 18.5. The van der Waals surface area contributed by atoms with Gasteiger partial charge in [0.05, 0.1) is 28.5 Å². The van der Waals surface area contributed by atoms with Crippen LogP contribution < -0.4 is 20.9 Å². The number of alkyl halides is 3. The molecule has 1 heterocycles. The predicted molar refractivity (Wildman–Crippen MR) is 178 cm³/mol. The van der Waals surface area contributed by atoms with Gasteiger partial charge in [0.1, 0.15) is 5.82 Å². The van der Waals surface area contributed by atoms with E-state index in [1.807, 2.05) is 0 Å². The first-order valence-corrected chi connectivity index (χ1v) is 16.5. The SMILES string of the molecule is CCOC(=O)N=S(C)(=O)c1cccc(Nc2ncc(-c3ccc(NC(=O)N(C)c4cccc(C(F)(F)F)c4)cc3)c(N[C@H](C)CO)n2)c1. The lowest BCUT2D eigenvalue weighted by Crippen LogP contribution is -2.31. The Hall–Kier alpha value is -5.22. The van der Waals surface area contributed by atoms with Crippen LogP contribution in [0.5, 0.6) is 0 Å². The molecule has 0 fully saturated rings. The number of aliphatic hydroxyl groups excluding tert-OH is 1. The van der Waals surface area contributed by atoms with E-state index in [0.717, 1.165) is 17.0 Å². The highest BCUT2D eigenvalue weighted by molar-refractivity contribution is 7.93. The van der Waals surface area contributed by atoms with E-state index in [1.165, 1.54) is 25.4 Å². The standard InChI is InChI=1S/C32H34F3N7O5S/c1-5-47-31(45)41-48(4,46)26-11-7-9-24(17-26)38-29-36-18-27(28(40-29)37-20(2)19-43)21-12-14-23(15-13-21)39-30(44)42(3)25-10-6-8-22(16-25)32(33,34)35/h6-18,20,43H,5,19H2,1-4H3,(H,39,44)(H2,36,37,38,40)/t20-,48?/m1/s1. The summed E-state index contributed by atoms with van der Waals surface area (Å²) in [6, 6.07) is 16.5. The number of aromatic nitrogens is 2. The van der Waals surface area contributed by atoms with Crippen LogP contribution in [0.4, 0.5) is 51.6 Å². The maximum atomic E-state index is 13.1. The van der Waals surface area contributed by atoms with Crippen molar-refractivity contribution in [2.24, 2.45) is 4.36 Å². The molecule has 3 amide bonds. The van der Waals surface area contributed by atoms with E-state index in [1.54, 1.807) is 68.6 Å². The third kappa shape index (κ3) is 9.19. The molecule has 1 unspecified atom stereocenters. The molecule has 0 radical (unpaired) electrons. The molecule has 4 rings (SSSR count). The Morgan fingerprint density at radius 2 is 1.77 bits per heavy atom. The highest BCUT2D eigenvalue weighted by Gasteiger charge is 2.31. The van der Waals surface area contributed by atoms with Crippen LogP contribution in [0.3, 0.4) is 0 Å². The summed E-state index contributed by atoms with van der Waals surface area (Å²) in [5.74, 6) is 0.554. The second-order valence-corrected chi connectivity index (χ2v) is 12.8. The number of amides is 3. The Kier molecular flexibility index (Phi) is 11.2. The number of ether oxygens (including phenoxy) is 1. The summed E-state index contributed by atoms with van der Waals surface area (Å²) in [7, 11) is -1.73. The Bertz CT molecular complexity index is 1900. The molecule has 2 atom stereocenters. The van der Waals surface area contributed by atoms with Gasteiger partial charge in [-0.15, -0.1) is 4.36 Å². The highest BCUT2D eigenvalue weighted by atomic mass is 32.2. The smallest absolute Gasteiger partial charge is 0.442 e. The Morgan fingerprint density at radius 1 is 1.06 bits per heavy atom. The number of carbonyl (C=O) groups is 2. The van der Waals surface area contributed by atoms with Crippen molar-refractivity contribution in [1.29, 1.82) is 0 Å². The monoisotopic (exact) mass is 685 g/mol. The topological polar surface area (TPSA) is 158 Å². The van der Waals surface area contributed by atoms with E-state index in [0.29, 0.717) is 28.3 Å². The molecule has 0 aliphatic rings. The molecular formula is C32H34F3N7O5S. The highest BCUT2D eigenvalue weighted by Crippen LogP contribution is 2.32. The Balaban J connectivity index is 1.54. The normalized spacial score (nSPS) is 13.1. The van der Waals surface area contributed by atoms with Gasteiger partial charge in [0, 0.05) is 53.1 Å². The maximum absolute atomic E-state index is 13.1. The Labute approximate surface area is 275 Å². The average Bonchev–Trinajstić information content (AvgIpc) is 3.04. The number of benzene rings is 3. The average molecular weight is 686 g/mol.